The fourth-order valence-corrected chi connectivity index (χ4v) is 2.33. The molecule has 1 aromatic carbocycles. The maximum atomic E-state index is 12.7. The van der Waals surface area contributed by atoms with Crippen molar-refractivity contribution in [3.8, 4) is 0 Å². The van der Waals surface area contributed by atoms with Crippen molar-refractivity contribution in [3.63, 3.8) is 0 Å². The minimum Gasteiger partial charge on any atom is -0.324 e. The highest BCUT2D eigenvalue weighted by molar-refractivity contribution is 6.42. The summed E-state index contributed by atoms with van der Waals surface area (Å²) in [5.41, 5.74) is -1.76. The molecular formula is C14H8Cl3F3N2O2. The maximum Gasteiger partial charge on any atom is 0.417 e. The van der Waals surface area contributed by atoms with E-state index in [0.29, 0.717) is 16.8 Å². The standard InChI is InChI=1S/C14H8Cl3F3N2O2/c15-9-2-1-8(4-10(9)16)21-12(23)6-22-5-7(14(18,19)20)3-11(17)13(22)24/h1-5H,6H2,(H,21,23). The van der Waals surface area contributed by atoms with Crippen LogP contribution in [0.15, 0.2) is 35.3 Å². The van der Waals surface area contributed by atoms with E-state index in [1.807, 2.05) is 0 Å². The van der Waals surface area contributed by atoms with Gasteiger partial charge in [-0.1, -0.05) is 34.8 Å². The topological polar surface area (TPSA) is 51.1 Å². The first-order chi connectivity index (χ1) is 11.1. The SMILES string of the molecule is O=C(Cn1cc(C(F)(F)F)cc(Cl)c1=O)Nc1ccc(Cl)c(Cl)c1. The quantitative estimate of drug-likeness (QED) is 0.828. The number of carbonyl (C=O) groups is 1. The molecule has 0 spiro atoms. The minimum atomic E-state index is -4.70. The lowest BCUT2D eigenvalue weighted by Crippen LogP contribution is -2.29. The molecule has 1 aromatic heterocycles. The fraction of sp³-hybridized carbons (Fsp3) is 0.143. The zero-order valence-corrected chi connectivity index (χ0v) is 13.9. The van der Waals surface area contributed by atoms with Crippen LogP contribution < -0.4 is 10.9 Å². The zero-order chi connectivity index (χ0) is 18.1. The highest BCUT2D eigenvalue weighted by Gasteiger charge is 2.32. The third-order valence-electron chi connectivity index (χ3n) is 2.89. The first-order valence-corrected chi connectivity index (χ1v) is 7.43. The number of alkyl halides is 3. The van der Waals surface area contributed by atoms with Crippen molar-refractivity contribution < 1.29 is 18.0 Å². The summed E-state index contributed by atoms with van der Waals surface area (Å²) in [5.74, 6) is -0.731. The van der Waals surface area contributed by atoms with Crippen LogP contribution in [0.1, 0.15) is 5.56 Å². The highest BCUT2D eigenvalue weighted by atomic mass is 35.5. The van der Waals surface area contributed by atoms with Gasteiger partial charge < -0.3 is 9.88 Å². The first-order valence-electron chi connectivity index (χ1n) is 6.30. The van der Waals surface area contributed by atoms with Gasteiger partial charge in [0.05, 0.1) is 15.6 Å². The molecule has 4 nitrogen and oxygen atoms in total. The molecule has 0 fully saturated rings. The van der Waals surface area contributed by atoms with E-state index in [1.165, 1.54) is 18.2 Å². The van der Waals surface area contributed by atoms with E-state index in [9.17, 15) is 22.8 Å². The van der Waals surface area contributed by atoms with Crippen LogP contribution in [-0.2, 0) is 17.5 Å². The highest BCUT2D eigenvalue weighted by Crippen LogP contribution is 2.29. The molecule has 1 heterocycles. The smallest absolute Gasteiger partial charge is 0.324 e. The van der Waals surface area contributed by atoms with Gasteiger partial charge in [0.25, 0.3) is 5.56 Å². The second-order valence-corrected chi connectivity index (χ2v) is 5.91. The van der Waals surface area contributed by atoms with Gasteiger partial charge in [0.1, 0.15) is 11.6 Å². The summed E-state index contributed by atoms with van der Waals surface area (Å²) in [5, 5.41) is 2.23. The molecule has 2 rings (SSSR count). The Labute approximate surface area is 148 Å². The number of carbonyl (C=O) groups excluding carboxylic acids is 1. The molecule has 0 aliphatic rings. The number of aromatic nitrogens is 1. The van der Waals surface area contributed by atoms with Crippen LogP contribution in [0.5, 0.6) is 0 Å². The van der Waals surface area contributed by atoms with Gasteiger partial charge in [0.2, 0.25) is 5.91 Å². The summed E-state index contributed by atoms with van der Waals surface area (Å²) in [6.45, 7) is -0.650. The van der Waals surface area contributed by atoms with Crippen molar-refractivity contribution in [3.05, 3.63) is 61.4 Å². The summed E-state index contributed by atoms with van der Waals surface area (Å²) in [6.07, 6.45) is -4.16. The summed E-state index contributed by atoms with van der Waals surface area (Å²) in [6, 6.07) is 4.77. The van der Waals surface area contributed by atoms with Crippen LogP contribution in [0.3, 0.4) is 0 Å². The van der Waals surface area contributed by atoms with E-state index < -0.39 is 34.8 Å². The van der Waals surface area contributed by atoms with Crippen LogP contribution in [0.2, 0.25) is 15.1 Å². The number of rotatable bonds is 3. The summed E-state index contributed by atoms with van der Waals surface area (Å²) in [7, 11) is 0. The molecule has 0 unspecified atom stereocenters. The predicted molar refractivity (Wildman–Crippen MR) is 85.8 cm³/mol. The van der Waals surface area contributed by atoms with E-state index in [2.05, 4.69) is 5.32 Å². The van der Waals surface area contributed by atoms with Gasteiger partial charge in [-0.2, -0.15) is 13.2 Å². The zero-order valence-electron chi connectivity index (χ0n) is 11.6. The van der Waals surface area contributed by atoms with E-state index in [4.69, 9.17) is 34.8 Å². The Kier molecular flexibility index (Phi) is 5.47. The van der Waals surface area contributed by atoms with Gasteiger partial charge in [0, 0.05) is 11.9 Å². The Bertz CT molecular complexity index is 850. The Morgan fingerprint density at radius 1 is 1.08 bits per heavy atom. The van der Waals surface area contributed by atoms with Crippen LogP contribution in [-0.4, -0.2) is 10.5 Å². The lowest BCUT2D eigenvalue weighted by atomic mass is 10.2. The van der Waals surface area contributed by atoms with Crippen molar-refractivity contribution in [2.24, 2.45) is 0 Å². The van der Waals surface area contributed by atoms with E-state index in [-0.39, 0.29) is 15.7 Å². The number of anilines is 1. The molecule has 0 atom stereocenters. The Hall–Kier alpha value is -1.70. The third-order valence-corrected chi connectivity index (χ3v) is 3.90. The maximum absolute atomic E-state index is 12.7. The number of hydrogen-bond donors (Lipinski definition) is 1. The van der Waals surface area contributed by atoms with Crippen molar-refractivity contribution in [1.29, 1.82) is 0 Å². The minimum absolute atomic E-state index is 0.189. The Morgan fingerprint density at radius 3 is 2.33 bits per heavy atom. The number of nitrogens with zero attached hydrogens (tertiary/aromatic N) is 1. The van der Waals surface area contributed by atoms with Gasteiger partial charge in [-0.15, -0.1) is 0 Å². The van der Waals surface area contributed by atoms with Crippen molar-refractivity contribution >= 4 is 46.4 Å². The summed E-state index contributed by atoms with van der Waals surface area (Å²) in [4.78, 5) is 23.7. The van der Waals surface area contributed by atoms with Gasteiger partial charge in [-0.05, 0) is 24.3 Å². The number of hydrogen-bond acceptors (Lipinski definition) is 2. The molecule has 10 heteroatoms. The molecule has 2 aromatic rings. The summed E-state index contributed by atoms with van der Waals surface area (Å²) >= 11 is 17.0. The second kappa shape index (κ2) is 7.04. The molecule has 128 valence electrons. The van der Waals surface area contributed by atoms with Crippen LogP contribution in [0, 0.1) is 0 Å². The Balaban J connectivity index is 2.24. The molecule has 0 saturated heterocycles. The average Bonchev–Trinajstić information content (AvgIpc) is 2.46. The van der Waals surface area contributed by atoms with Gasteiger partial charge in [-0.25, -0.2) is 0 Å². The van der Waals surface area contributed by atoms with Crippen LogP contribution in [0.4, 0.5) is 18.9 Å². The molecule has 1 N–H and O–H groups in total. The Morgan fingerprint density at radius 2 is 1.75 bits per heavy atom. The lowest BCUT2D eigenvalue weighted by molar-refractivity contribution is -0.138. The van der Waals surface area contributed by atoms with Gasteiger partial charge in [0.15, 0.2) is 0 Å². The van der Waals surface area contributed by atoms with Crippen LogP contribution in [0.25, 0.3) is 0 Å². The third kappa shape index (κ3) is 4.43. The second-order valence-electron chi connectivity index (χ2n) is 4.68. The molecule has 0 bridgehead atoms. The monoisotopic (exact) mass is 398 g/mol. The number of nitrogens with one attached hydrogen (secondary N) is 1. The summed E-state index contributed by atoms with van der Waals surface area (Å²) < 4.78 is 38.8. The normalized spacial score (nSPS) is 11.4. The molecule has 0 aliphatic carbocycles. The number of pyridine rings is 1. The number of halogens is 6. The number of amides is 1. The molecule has 0 aliphatic heterocycles. The largest absolute Gasteiger partial charge is 0.417 e. The van der Waals surface area contributed by atoms with Crippen LogP contribution >= 0.6 is 34.8 Å². The van der Waals surface area contributed by atoms with E-state index in [1.54, 1.807) is 0 Å². The molecular weight excluding hydrogens is 392 g/mol. The molecule has 0 radical (unpaired) electrons. The molecule has 0 saturated carbocycles. The molecule has 24 heavy (non-hydrogen) atoms. The first kappa shape index (κ1) is 18.6. The van der Waals surface area contributed by atoms with E-state index in [0.717, 1.165) is 0 Å². The number of benzene rings is 1. The van der Waals surface area contributed by atoms with Crippen molar-refractivity contribution in [1.82, 2.24) is 4.57 Å². The predicted octanol–water partition coefficient (Wildman–Crippen LogP) is 4.47. The van der Waals surface area contributed by atoms with Gasteiger partial charge >= 0.3 is 6.18 Å². The van der Waals surface area contributed by atoms with Crippen molar-refractivity contribution in [2.75, 3.05) is 5.32 Å². The van der Waals surface area contributed by atoms with Gasteiger partial charge in [-0.3, -0.25) is 9.59 Å². The molecule has 1 amide bonds. The lowest BCUT2D eigenvalue weighted by Gasteiger charge is -2.12. The van der Waals surface area contributed by atoms with Crippen molar-refractivity contribution in [2.45, 2.75) is 12.7 Å². The average molecular weight is 400 g/mol. The van der Waals surface area contributed by atoms with E-state index >= 15 is 0 Å². The fourth-order valence-electron chi connectivity index (χ4n) is 1.80.